The molecule has 1 amide bonds. The fourth-order valence-electron chi connectivity index (χ4n) is 3.45. The summed E-state index contributed by atoms with van der Waals surface area (Å²) >= 11 is 0. The van der Waals surface area contributed by atoms with Gasteiger partial charge in [-0.2, -0.15) is 5.21 Å². The van der Waals surface area contributed by atoms with E-state index in [1.165, 1.54) is 23.1 Å². The maximum atomic E-state index is 14.4. The van der Waals surface area contributed by atoms with Crippen molar-refractivity contribution in [3.05, 3.63) is 77.6 Å². The molecule has 0 unspecified atom stereocenters. The number of tetrazole rings is 1. The molecule has 1 aliphatic rings. The minimum absolute atomic E-state index is 0.174. The molecule has 1 aliphatic heterocycles. The van der Waals surface area contributed by atoms with Gasteiger partial charge in [-0.3, -0.25) is 9.78 Å². The van der Waals surface area contributed by atoms with Crippen LogP contribution in [-0.4, -0.2) is 31.5 Å². The van der Waals surface area contributed by atoms with Crippen LogP contribution in [0.15, 0.2) is 54.7 Å². The first-order valence-corrected chi connectivity index (χ1v) is 8.71. The van der Waals surface area contributed by atoms with Gasteiger partial charge in [-0.25, -0.2) is 8.78 Å². The zero-order valence-corrected chi connectivity index (χ0v) is 14.8. The molecule has 0 bridgehead atoms. The minimum atomic E-state index is -0.695. The number of amides is 1. The molecule has 2 aromatic heterocycles. The number of carbonyl (C=O) groups excluding carboxylic acids is 1. The highest BCUT2D eigenvalue weighted by Gasteiger charge is 2.32. The van der Waals surface area contributed by atoms with Crippen molar-refractivity contribution in [3.8, 4) is 22.5 Å². The number of halogens is 2. The highest BCUT2D eigenvalue weighted by atomic mass is 19.1. The van der Waals surface area contributed by atoms with Gasteiger partial charge in [0.2, 0.25) is 5.82 Å². The maximum Gasteiger partial charge on any atom is 0.260 e. The highest BCUT2D eigenvalue weighted by molar-refractivity contribution is 6.11. The summed E-state index contributed by atoms with van der Waals surface area (Å²) in [5.41, 5.74) is 2.01. The van der Waals surface area contributed by atoms with Gasteiger partial charge in [0.05, 0.1) is 29.1 Å². The smallest absolute Gasteiger partial charge is 0.260 e. The molecule has 4 aromatic rings. The van der Waals surface area contributed by atoms with E-state index in [4.69, 9.17) is 0 Å². The lowest BCUT2D eigenvalue weighted by Crippen LogP contribution is -2.23. The Hall–Kier alpha value is -4.01. The van der Waals surface area contributed by atoms with Crippen LogP contribution in [0.3, 0.4) is 0 Å². The molecule has 0 aliphatic carbocycles. The van der Waals surface area contributed by atoms with E-state index in [1.807, 2.05) is 0 Å². The standard InChI is InChI=1S/C20H12F2N6O/c21-14-5-3-6-15(22)18(14)12-4-1-2-7-17(12)28-10-16-13(20(28)29)8-11(9-23-16)19-24-26-27-25-19/h1-9H,10H2,(H,24,25,26,27). The van der Waals surface area contributed by atoms with Crippen LogP contribution in [0.5, 0.6) is 0 Å². The lowest BCUT2D eigenvalue weighted by atomic mass is 10.0. The Morgan fingerprint density at radius 2 is 1.79 bits per heavy atom. The molecule has 29 heavy (non-hydrogen) atoms. The van der Waals surface area contributed by atoms with Gasteiger partial charge in [0.1, 0.15) is 11.6 Å². The van der Waals surface area contributed by atoms with Gasteiger partial charge in [0.15, 0.2) is 0 Å². The van der Waals surface area contributed by atoms with Gasteiger partial charge in [0, 0.05) is 17.3 Å². The van der Waals surface area contributed by atoms with Crippen molar-refractivity contribution < 1.29 is 13.6 Å². The third kappa shape index (κ3) is 2.75. The van der Waals surface area contributed by atoms with Crippen LogP contribution in [0.1, 0.15) is 16.1 Å². The normalized spacial score (nSPS) is 13.0. The van der Waals surface area contributed by atoms with Crippen LogP contribution in [0.2, 0.25) is 0 Å². The van der Waals surface area contributed by atoms with Crippen molar-refractivity contribution in [2.45, 2.75) is 6.54 Å². The van der Waals surface area contributed by atoms with Crippen molar-refractivity contribution in [2.24, 2.45) is 0 Å². The number of anilines is 1. The molecule has 142 valence electrons. The Morgan fingerprint density at radius 3 is 2.55 bits per heavy atom. The summed E-state index contributed by atoms with van der Waals surface area (Å²) in [6.45, 7) is 0.188. The minimum Gasteiger partial charge on any atom is -0.302 e. The topological polar surface area (TPSA) is 87.7 Å². The molecule has 7 nitrogen and oxygen atoms in total. The summed E-state index contributed by atoms with van der Waals surface area (Å²) in [7, 11) is 0. The number of fused-ring (bicyclic) bond motifs is 1. The van der Waals surface area contributed by atoms with E-state index in [2.05, 4.69) is 25.6 Å². The molecule has 0 saturated carbocycles. The van der Waals surface area contributed by atoms with Gasteiger partial charge >= 0.3 is 0 Å². The van der Waals surface area contributed by atoms with Crippen molar-refractivity contribution in [3.63, 3.8) is 0 Å². The SMILES string of the molecule is O=C1c2cc(-c3nn[nH]n3)cnc2CN1c1ccccc1-c1c(F)cccc1F. The number of hydrogen-bond donors (Lipinski definition) is 1. The summed E-state index contributed by atoms with van der Waals surface area (Å²) in [6, 6.07) is 12.0. The van der Waals surface area contributed by atoms with Crippen LogP contribution in [0.4, 0.5) is 14.5 Å². The Kier molecular flexibility index (Phi) is 3.87. The summed E-state index contributed by atoms with van der Waals surface area (Å²) < 4.78 is 28.8. The number of nitrogens with one attached hydrogen (secondary N) is 1. The number of para-hydroxylation sites is 1. The number of aromatic nitrogens is 5. The predicted octanol–water partition coefficient (Wildman–Crippen LogP) is 3.37. The van der Waals surface area contributed by atoms with Crippen LogP contribution < -0.4 is 4.90 Å². The van der Waals surface area contributed by atoms with Crippen molar-refractivity contribution >= 4 is 11.6 Å². The molecular formula is C20H12F2N6O. The maximum absolute atomic E-state index is 14.4. The van der Waals surface area contributed by atoms with Gasteiger partial charge < -0.3 is 4.90 Å². The first-order valence-electron chi connectivity index (χ1n) is 8.71. The van der Waals surface area contributed by atoms with Gasteiger partial charge in [-0.15, -0.1) is 10.2 Å². The van der Waals surface area contributed by atoms with Crippen molar-refractivity contribution in [1.29, 1.82) is 0 Å². The monoisotopic (exact) mass is 390 g/mol. The second kappa shape index (κ2) is 6.55. The Morgan fingerprint density at radius 1 is 1.00 bits per heavy atom. The number of aromatic amines is 1. The van der Waals surface area contributed by atoms with E-state index < -0.39 is 11.6 Å². The first-order chi connectivity index (χ1) is 14.1. The molecule has 3 heterocycles. The number of H-pyrrole nitrogens is 1. The van der Waals surface area contributed by atoms with Crippen LogP contribution >= 0.6 is 0 Å². The van der Waals surface area contributed by atoms with E-state index in [0.29, 0.717) is 33.9 Å². The highest BCUT2D eigenvalue weighted by Crippen LogP contribution is 2.38. The summed E-state index contributed by atoms with van der Waals surface area (Å²) in [6.07, 6.45) is 1.56. The molecule has 0 fully saturated rings. The third-order valence-electron chi connectivity index (χ3n) is 4.78. The average molecular weight is 390 g/mol. The zero-order chi connectivity index (χ0) is 20.0. The van der Waals surface area contributed by atoms with Gasteiger partial charge in [-0.05, 0) is 29.5 Å². The second-order valence-electron chi connectivity index (χ2n) is 6.46. The largest absolute Gasteiger partial charge is 0.302 e. The number of rotatable bonds is 3. The van der Waals surface area contributed by atoms with Crippen LogP contribution in [-0.2, 0) is 6.54 Å². The molecule has 0 atom stereocenters. The summed E-state index contributed by atoms with van der Waals surface area (Å²) in [5, 5.41) is 13.6. The number of hydrogen-bond acceptors (Lipinski definition) is 5. The number of carbonyl (C=O) groups is 1. The molecule has 1 N–H and O–H groups in total. The quantitative estimate of drug-likeness (QED) is 0.580. The van der Waals surface area contributed by atoms with Crippen LogP contribution in [0.25, 0.3) is 22.5 Å². The molecule has 9 heteroatoms. The number of benzene rings is 2. The molecular weight excluding hydrogens is 378 g/mol. The van der Waals surface area contributed by atoms with E-state index in [1.54, 1.807) is 36.5 Å². The Bertz CT molecular complexity index is 1220. The molecule has 0 radical (unpaired) electrons. The van der Waals surface area contributed by atoms with Crippen molar-refractivity contribution in [1.82, 2.24) is 25.6 Å². The second-order valence-corrected chi connectivity index (χ2v) is 6.46. The van der Waals surface area contributed by atoms with E-state index >= 15 is 0 Å². The lowest BCUT2D eigenvalue weighted by molar-refractivity contribution is 0.0996. The molecule has 0 spiro atoms. The van der Waals surface area contributed by atoms with E-state index in [-0.39, 0.29) is 18.0 Å². The summed E-state index contributed by atoms with van der Waals surface area (Å²) in [5.74, 6) is -1.39. The third-order valence-corrected chi connectivity index (χ3v) is 4.78. The van der Waals surface area contributed by atoms with Crippen LogP contribution in [0, 0.1) is 11.6 Å². The number of nitrogens with zero attached hydrogens (tertiary/aromatic N) is 5. The first kappa shape index (κ1) is 17.1. The molecule has 0 saturated heterocycles. The van der Waals surface area contributed by atoms with Gasteiger partial charge in [0.25, 0.3) is 5.91 Å². The van der Waals surface area contributed by atoms with Gasteiger partial charge in [-0.1, -0.05) is 24.3 Å². The molecule has 2 aromatic carbocycles. The van der Waals surface area contributed by atoms with E-state index in [9.17, 15) is 13.6 Å². The average Bonchev–Trinajstić information content (AvgIpc) is 3.37. The number of pyridine rings is 1. The summed E-state index contributed by atoms with van der Waals surface area (Å²) in [4.78, 5) is 18.9. The zero-order valence-electron chi connectivity index (χ0n) is 14.8. The fraction of sp³-hybridized carbons (Fsp3) is 0.0500. The Labute approximate surface area is 163 Å². The molecule has 5 rings (SSSR count). The Balaban J connectivity index is 1.59. The predicted molar refractivity (Wildman–Crippen MR) is 99.7 cm³/mol. The van der Waals surface area contributed by atoms with E-state index in [0.717, 1.165) is 0 Å². The van der Waals surface area contributed by atoms with Crippen molar-refractivity contribution in [2.75, 3.05) is 4.90 Å². The fourth-order valence-corrected chi connectivity index (χ4v) is 3.45. The lowest BCUT2D eigenvalue weighted by Gasteiger charge is -2.20.